The van der Waals surface area contributed by atoms with Crippen LogP contribution in [0.25, 0.3) is 10.9 Å². The predicted molar refractivity (Wildman–Crippen MR) is 108 cm³/mol. The zero-order chi connectivity index (χ0) is 18.6. The number of pyridine rings is 2. The predicted octanol–water partition coefficient (Wildman–Crippen LogP) is 4.66. The molecule has 3 aromatic rings. The summed E-state index contributed by atoms with van der Waals surface area (Å²) in [4.78, 5) is 22.0. The highest BCUT2D eigenvalue weighted by molar-refractivity contribution is 9.10. The van der Waals surface area contributed by atoms with Crippen molar-refractivity contribution in [3.05, 3.63) is 52.8 Å². The molecule has 3 heterocycles. The number of aromatic nitrogens is 2. The van der Waals surface area contributed by atoms with Crippen LogP contribution >= 0.6 is 15.9 Å². The van der Waals surface area contributed by atoms with Crippen LogP contribution in [0.15, 0.2) is 45.7 Å². The molecule has 0 unspecified atom stereocenters. The summed E-state index contributed by atoms with van der Waals surface area (Å²) in [7, 11) is 0. The van der Waals surface area contributed by atoms with Gasteiger partial charge < -0.3 is 15.1 Å². The van der Waals surface area contributed by atoms with Crippen molar-refractivity contribution in [1.29, 1.82) is 0 Å². The molecule has 3 aromatic heterocycles. The van der Waals surface area contributed by atoms with Gasteiger partial charge in [0.15, 0.2) is 5.69 Å². The molecule has 140 valence electrons. The van der Waals surface area contributed by atoms with Crippen molar-refractivity contribution in [2.24, 2.45) is 0 Å². The minimum absolute atomic E-state index is 0.252. The van der Waals surface area contributed by atoms with Gasteiger partial charge in [-0.3, -0.25) is 9.78 Å². The van der Waals surface area contributed by atoms with Gasteiger partial charge in [-0.05, 0) is 53.0 Å². The van der Waals surface area contributed by atoms with Gasteiger partial charge in [-0.2, -0.15) is 0 Å². The van der Waals surface area contributed by atoms with Crippen molar-refractivity contribution in [3.8, 4) is 0 Å². The molecule has 0 saturated heterocycles. The van der Waals surface area contributed by atoms with Gasteiger partial charge in [-0.25, -0.2) is 4.98 Å². The van der Waals surface area contributed by atoms with Crippen LogP contribution in [0.5, 0.6) is 0 Å². The van der Waals surface area contributed by atoms with Crippen LogP contribution in [0.3, 0.4) is 0 Å². The van der Waals surface area contributed by atoms with E-state index >= 15 is 0 Å². The van der Waals surface area contributed by atoms with Crippen molar-refractivity contribution in [3.63, 3.8) is 0 Å². The second-order valence-corrected chi connectivity index (χ2v) is 7.52. The second kappa shape index (κ2) is 8.08. The number of furan rings is 1. The van der Waals surface area contributed by atoms with E-state index in [0.29, 0.717) is 34.3 Å². The molecule has 1 saturated carbocycles. The maximum Gasteiger partial charge on any atom is 0.272 e. The lowest BCUT2D eigenvalue weighted by atomic mass is 9.95. The molecule has 4 rings (SSSR count). The Morgan fingerprint density at radius 3 is 2.85 bits per heavy atom. The van der Waals surface area contributed by atoms with Gasteiger partial charge in [-0.15, -0.1) is 0 Å². The van der Waals surface area contributed by atoms with Crippen LogP contribution in [-0.4, -0.2) is 21.9 Å². The highest BCUT2D eigenvalue weighted by atomic mass is 79.9. The fourth-order valence-electron chi connectivity index (χ4n) is 3.51. The molecule has 1 fully saturated rings. The molecule has 6 nitrogen and oxygen atoms in total. The number of anilines is 1. The summed E-state index contributed by atoms with van der Waals surface area (Å²) < 4.78 is 5.91. The molecular formula is C20H21BrN4O2. The summed E-state index contributed by atoms with van der Waals surface area (Å²) in [6.45, 7) is 0.314. The number of halogens is 1. The van der Waals surface area contributed by atoms with Gasteiger partial charge in [-0.1, -0.05) is 19.3 Å². The molecule has 0 bridgehead atoms. The first-order valence-corrected chi connectivity index (χ1v) is 10.0. The number of fused-ring (bicyclic) bond motifs is 1. The quantitative estimate of drug-likeness (QED) is 0.577. The minimum Gasteiger partial charge on any atom is -0.467 e. The summed E-state index contributed by atoms with van der Waals surface area (Å²) in [5.41, 5.74) is 1.82. The topological polar surface area (TPSA) is 80.1 Å². The largest absolute Gasteiger partial charge is 0.467 e. The zero-order valence-corrected chi connectivity index (χ0v) is 16.5. The molecule has 1 amide bonds. The Hall–Kier alpha value is -2.41. The van der Waals surface area contributed by atoms with E-state index in [-0.39, 0.29) is 5.91 Å². The Kier molecular flexibility index (Phi) is 5.38. The molecule has 1 aliphatic rings. The van der Waals surface area contributed by atoms with E-state index in [2.05, 4.69) is 36.5 Å². The van der Waals surface area contributed by atoms with Crippen molar-refractivity contribution >= 4 is 38.4 Å². The Morgan fingerprint density at radius 1 is 1.22 bits per heavy atom. The number of hydrogen-bond donors (Lipinski definition) is 2. The monoisotopic (exact) mass is 428 g/mol. The Labute approximate surface area is 165 Å². The number of carbonyl (C=O) groups excluding carboxylic acids is 1. The maximum absolute atomic E-state index is 12.9. The summed E-state index contributed by atoms with van der Waals surface area (Å²) in [5, 5.41) is 7.34. The van der Waals surface area contributed by atoms with E-state index in [1.807, 2.05) is 18.2 Å². The lowest BCUT2D eigenvalue weighted by Crippen LogP contribution is -2.28. The first-order valence-electron chi connectivity index (χ1n) is 9.23. The fraction of sp³-hybridized carbons (Fsp3) is 0.350. The zero-order valence-electron chi connectivity index (χ0n) is 14.9. The average molecular weight is 429 g/mol. The third-order valence-corrected chi connectivity index (χ3v) is 5.49. The normalized spacial score (nSPS) is 15.0. The SMILES string of the molecule is O=C(NCc1ccco1)c1nc(Br)c2cccnc2c1NC1CCCCC1. The number of rotatable bonds is 5. The van der Waals surface area contributed by atoms with Crippen molar-refractivity contribution in [1.82, 2.24) is 15.3 Å². The van der Waals surface area contributed by atoms with Gasteiger partial charge in [0.05, 0.1) is 24.0 Å². The Morgan fingerprint density at radius 2 is 2.07 bits per heavy atom. The van der Waals surface area contributed by atoms with Gasteiger partial charge in [0.2, 0.25) is 0 Å². The summed E-state index contributed by atoms with van der Waals surface area (Å²) in [5.74, 6) is 0.445. The van der Waals surface area contributed by atoms with Crippen molar-refractivity contribution in [2.75, 3.05) is 5.32 Å². The highest BCUT2D eigenvalue weighted by Gasteiger charge is 2.23. The lowest BCUT2D eigenvalue weighted by molar-refractivity contribution is 0.0944. The van der Waals surface area contributed by atoms with Crippen molar-refractivity contribution < 1.29 is 9.21 Å². The molecule has 0 atom stereocenters. The van der Waals surface area contributed by atoms with E-state index in [4.69, 9.17) is 4.42 Å². The maximum atomic E-state index is 12.9. The third-order valence-electron chi connectivity index (χ3n) is 4.89. The fourth-order valence-corrected chi connectivity index (χ4v) is 4.01. The van der Waals surface area contributed by atoms with Crippen LogP contribution in [0, 0.1) is 0 Å². The van der Waals surface area contributed by atoms with E-state index in [1.54, 1.807) is 18.5 Å². The summed E-state index contributed by atoms with van der Waals surface area (Å²) in [6.07, 6.45) is 9.19. The number of amides is 1. The summed E-state index contributed by atoms with van der Waals surface area (Å²) >= 11 is 3.49. The van der Waals surface area contributed by atoms with Gasteiger partial charge in [0.25, 0.3) is 5.91 Å². The van der Waals surface area contributed by atoms with E-state index < -0.39 is 0 Å². The highest BCUT2D eigenvalue weighted by Crippen LogP contribution is 2.32. The molecular weight excluding hydrogens is 408 g/mol. The lowest BCUT2D eigenvalue weighted by Gasteiger charge is -2.25. The molecule has 2 N–H and O–H groups in total. The van der Waals surface area contributed by atoms with Crippen LogP contribution < -0.4 is 10.6 Å². The van der Waals surface area contributed by atoms with Gasteiger partial charge in [0, 0.05) is 17.6 Å². The smallest absolute Gasteiger partial charge is 0.272 e. The standard InChI is InChI=1S/C20H21BrN4O2/c21-19-15-9-4-10-22-16(15)17(24-13-6-2-1-3-7-13)18(25-19)20(26)23-12-14-8-5-11-27-14/h4-5,8-11,13,24H,1-3,6-7,12H2,(H,23,26). The Balaban J connectivity index is 1.68. The second-order valence-electron chi connectivity index (χ2n) is 6.77. The molecule has 0 aliphatic heterocycles. The molecule has 1 aliphatic carbocycles. The molecule has 27 heavy (non-hydrogen) atoms. The molecule has 0 spiro atoms. The average Bonchev–Trinajstić information content (AvgIpc) is 3.23. The number of nitrogens with zero attached hydrogens (tertiary/aromatic N) is 2. The van der Waals surface area contributed by atoms with Crippen LogP contribution in [0.4, 0.5) is 5.69 Å². The number of hydrogen-bond acceptors (Lipinski definition) is 5. The number of nitrogens with one attached hydrogen (secondary N) is 2. The van der Waals surface area contributed by atoms with Crippen LogP contribution in [0.1, 0.15) is 48.4 Å². The molecule has 7 heteroatoms. The Bertz CT molecular complexity index is 937. The van der Waals surface area contributed by atoms with Crippen LogP contribution in [0.2, 0.25) is 0 Å². The van der Waals surface area contributed by atoms with E-state index in [0.717, 1.165) is 23.7 Å². The summed E-state index contributed by atoms with van der Waals surface area (Å²) in [6, 6.07) is 7.79. The van der Waals surface area contributed by atoms with E-state index in [9.17, 15) is 4.79 Å². The van der Waals surface area contributed by atoms with Crippen molar-refractivity contribution in [2.45, 2.75) is 44.7 Å². The van der Waals surface area contributed by atoms with Gasteiger partial charge in [0.1, 0.15) is 10.4 Å². The number of carbonyl (C=O) groups is 1. The molecule has 0 aromatic carbocycles. The van der Waals surface area contributed by atoms with Crippen LogP contribution in [-0.2, 0) is 6.54 Å². The molecule has 0 radical (unpaired) electrons. The van der Waals surface area contributed by atoms with E-state index in [1.165, 1.54) is 19.3 Å². The first-order chi connectivity index (χ1) is 13.2. The third kappa shape index (κ3) is 3.98. The first kappa shape index (κ1) is 18.0. The van der Waals surface area contributed by atoms with Gasteiger partial charge >= 0.3 is 0 Å². The minimum atomic E-state index is -0.252.